The van der Waals surface area contributed by atoms with Gasteiger partial charge in [0.15, 0.2) is 5.16 Å². The predicted octanol–water partition coefficient (Wildman–Crippen LogP) is 3.76. The van der Waals surface area contributed by atoms with Crippen molar-refractivity contribution < 1.29 is 0 Å². The summed E-state index contributed by atoms with van der Waals surface area (Å²) in [5.74, 6) is 0.433. The first kappa shape index (κ1) is 18.7. The Labute approximate surface area is 169 Å². The van der Waals surface area contributed by atoms with Gasteiger partial charge in [0.2, 0.25) is 0 Å². The van der Waals surface area contributed by atoms with Crippen molar-refractivity contribution in [3.63, 3.8) is 0 Å². The summed E-state index contributed by atoms with van der Waals surface area (Å²) in [5.41, 5.74) is 1.58. The lowest BCUT2D eigenvalue weighted by molar-refractivity contribution is 0.584. The third-order valence-corrected chi connectivity index (χ3v) is 5.55. The minimum atomic E-state index is -0.134. The van der Waals surface area contributed by atoms with Gasteiger partial charge < -0.3 is 0 Å². The van der Waals surface area contributed by atoms with Gasteiger partial charge in [-0.2, -0.15) is 0 Å². The van der Waals surface area contributed by atoms with E-state index in [1.807, 2.05) is 13.0 Å². The molecule has 0 radical (unpaired) electrons. The number of rotatable bonds is 5. The second kappa shape index (κ2) is 7.77. The van der Waals surface area contributed by atoms with Gasteiger partial charge in [-0.1, -0.05) is 36.4 Å². The van der Waals surface area contributed by atoms with Gasteiger partial charge in [-0.15, -0.1) is 0 Å². The number of hydrogen-bond acceptors (Lipinski definition) is 5. The third-order valence-electron chi connectivity index (χ3n) is 4.30. The molecule has 0 saturated carbocycles. The van der Waals surface area contributed by atoms with E-state index in [-0.39, 0.29) is 11.1 Å². The maximum atomic E-state index is 12.9. The molecule has 0 bridgehead atoms. The monoisotopic (exact) mass is 412 g/mol. The Kier molecular flexibility index (Phi) is 5.19. The Morgan fingerprint density at radius 3 is 2.79 bits per heavy atom. The molecule has 4 rings (SSSR count). The Hall–Kier alpha value is -2.64. The predicted molar refractivity (Wildman–Crippen MR) is 112 cm³/mol. The van der Waals surface area contributed by atoms with Gasteiger partial charge in [-0.25, -0.2) is 9.97 Å². The van der Waals surface area contributed by atoms with Crippen molar-refractivity contribution in [1.82, 2.24) is 18.9 Å². The number of fused-ring (bicyclic) bond motifs is 2. The van der Waals surface area contributed by atoms with Crippen LogP contribution in [0.4, 0.5) is 0 Å². The van der Waals surface area contributed by atoms with Crippen molar-refractivity contribution in [2.75, 3.05) is 0 Å². The molecule has 0 saturated heterocycles. The number of hydrogen-bond donors (Lipinski definition) is 0. The number of pyridine rings is 1. The lowest BCUT2D eigenvalue weighted by atomic mass is 10.2. The summed E-state index contributed by atoms with van der Waals surface area (Å²) >= 11 is 7.46. The van der Waals surface area contributed by atoms with E-state index in [9.17, 15) is 9.59 Å². The van der Waals surface area contributed by atoms with E-state index >= 15 is 0 Å². The Bertz CT molecular complexity index is 1300. The molecule has 1 aromatic carbocycles. The molecule has 28 heavy (non-hydrogen) atoms. The molecule has 0 amide bonds. The van der Waals surface area contributed by atoms with Gasteiger partial charge in [0, 0.05) is 29.6 Å². The molecule has 0 atom stereocenters. The van der Waals surface area contributed by atoms with Crippen LogP contribution in [-0.2, 0) is 12.3 Å². The maximum Gasteiger partial charge on any atom is 0.262 e. The van der Waals surface area contributed by atoms with E-state index < -0.39 is 0 Å². The zero-order valence-corrected chi connectivity index (χ0v) is 16.7. The van der Waals surface area contributed by atoms with Crippen molar-refractivity contribution in [2.45, 2.75) is 30.8 Å². The van der Waals surface area contributed by atoms with E-state index in [0.717, 1.165) is 6.42 Å². The molecule has 4 aromatic rings. The molecule has 0 aliphatic heterocycles. The summed E-state index contributed by atoms with van der Waals surface area (Å²) in [6, 6.07) is 12.0. The average molecular weight is 413 g/mol. The van der Waals surface area contributed by atoms with Crippen LogP contribution in [0, 0.1) is 0 Å². The standard InChI is InChI=1S/C20H17ClN4O2S/c1-2-8-25-19(27)15-7-6-13(21)10-16(15)23-20(25)28-12-14-11-18(26)24-9-4-3-5-17(24)22-14/h3-7,9-11H,2,8,12H2,1H3. The van der Waals surface area contributed by atoms with Crippen molar-refractivity contribution in [3.05, 3.63) is 80.1 Å². The van der Waals surface area contributed by atoms with Crippen LogP contribution in [0.25, 0.3) is 16.6 Å². The van der Waals surface area contributed by atoms with Gasteiger partial charge in [-0.05, 0) is 36.8 Å². The molecule has 0 spiro atoms. The van der Waals surface area contributed by atoms with Crippen LogP contribution in [0.15, 0.2) is 63.4 Å². The quantitative estimate of drug-likeness (QED) is 0.368. The smallest absolute Gasteiger partial charge is 0.262 e. The third kappa shape index (κ3) is 3.55. The second-order valence-electron chi connectivity index (χ2n) is 6.32. The highest BCUT2D eigenvalue weighted by molar-refractivity contribution is 7.98. The van der Waals surface area contributed by atoms with Gasteiger partial charge in [0.1, 0.15) is 5.65 Å². The largest absolute Gasteiger partial charge is 0.287 e. The van der Waals surface area contributed by atoms with Crippen molar-refractivity contribution in [1.29, 1.82) is 0 Å². The second-order valence-corrected chi connectivity index (χ2v) is 7.69. The van der Waals surface area contributed by atoms with Crippen LogP contribution in [0.1, 0.15) is 19.0 Å². The fourth-order valence-electron chi connectivity index (χ4n) is 3.02. The highest BCUT2D eigenvalue weighted by atomic mass is 35.5. The first-order valence-electron chi connectivity index (χ1n) is 8.87. The fraction of sp³-hybridized carbons (Fsp3) is 0.200. The molecular weight excluding hydrogens is 396 g/mol. The molecule has 0 unspecified atom stereocenters. The Morgan fingerprint density at radius 1 is 1.11 bits per heavy atom. The van der Waals surface area contributed by atoms with Crippen LogP contribution >= 0.6 is 23.4 Å². The summed E-state index contributed by atoms with van der Waals surface area (Å²) < 4.78 is 3.17. The summed E-state index contributed by atoms with van der Waals surface area (Å²) in [5, 5.41) is 1.67. The van der Waals surface area contributed by atoms with Gasteiger partial charge >= 0.3 is 0 Å². The minimum Gasteiger partial charge on any atom is -0.287 e. The molecule has 3 heterocycles. The number of halogens is 1. The summed E-state index contributed by atoms with van der Waals surface area (Å²) in [6.07, 6.45) is 2.50. The summed E-state index contributed by atoms with van der Waals surface area (Å²) in [6.45, 7) is 2.58. The summed E-state index contributed by atoms with van der Waals surface area (Å²) in [7, 11) is 0. The Balaban J connectivity index is 1.74. The van der Waals surface area contributed by atoms with Crippen LogP contribution < -0.4 is 11.1 Å². The molecule has 6 nitrogen and oxygen atoms in total. The van der Waals surface area contributed by atoms with E-state index in [1.54, 1.807) is 41.1 Å². The fourth-order valence-corrected chi connectivity index (χ4v) is 4.10. The first-order valence-corrected chi connectivity index (χ1v) is 10.2. The zero-order valence-electron chi connectivity index (χ0n) is 15.1. The molecule has 0 N–H and O–H groups in total. The Morgan fingerprint density at radius 2 is 1.96 bits per heavy atom. The van der Waals surface area contributed by atoms with E-state index in [0.29, 0.717) is 44.7 Å². The molecule has 3 aromatic heterocycles. The number of thioether (sulfide) groups is 1. The van der Waals surface area contributed by atoms with Crippen molar-refractivity contribution in [3.8, 4) is 0 Å². The first-order chi connectivity index (χ1) is 13.6. The topological polar surface area (TPSA) is 69.3 Å². The molecule has 142 valence electrons. The molecule has 0 aliphatic rings. The SMILES string of the molecule is CCCn1c(SCc2cc(=O)n3ccccc3n2)nc2cc(Cl)ccc2c1=O. The zero-order chi connectivity index (χ0) is 19.7. The van der Waals surface area contributed by atoms with Gasteiger partial charge in [0.05, 0.1) is 16.6 Å². The van der Waals surface area contributed by atoms with E-state index in [1.165, 1.54) is 22.2 Å². The highest BCUT2D eigenvalue weighted by Gasteiger charge is 2.12. The summed E-state index contributed by atoms with van der Waals surface area (Å²) in [4.78, 5) is 34.3. The molecular formula is C20H17ClN4O2S. The van der Waals surface area contributed by atoms with Crippen molar-refractivity contribution >= 4 is 39.9 Å². The van der Waals surface area contributed by atoms with Crippen LogP contribution in [-0.4, -0.2) is 18.9 Å². The van der Waals surface area contributed by atoms with Gasteiger partial charge in [0.25, 0.3) is 11.1 Å². The van der Waals surface area contributed by atoms with Crippen LogP contribution in [0.2, 0.25) is 5.02 Å². The molecule has 0 fully saturated rings. The number of benzene rings is 1. The number of nitrogens with zero attached hydrogens (tertiary/aromatic N) is 4. The molecule has 0 aliphatic carbocycles. The van der Waals surface area contributed by atoms with E-state index in [2.05, 4.69) is 9.97 Å². The molecule has 8 heteroatoms. The van der Waals surface area contributed by atoms with Crippen LogP contribution in [0.5, 0.6) is 0 Å². The van der Waals surface area contributed by atoms with Crippen LogP contribution in [0.3, 0.4) is 0 Å². The highest BCUT2D eigenvalue weighted by Crippen LogP contribution is 2.23. The normalized spacial score (nSPS) is 11.4. The maximum absolute atomic E-state index is 12.9. The lowest BCUT2D eigenvalue weighted by Crippen LogP contribution is -2.23. The average Bonchev–Trinajstić information content (AvgIpc) is 2.69. The number of aromatic nitrogens is 4. The van der Waals surface area contributed by atoms with E-state index in [4.69, 9.17) is 11.6 Å². The van der Waals surface area contributed by atoms with Gasteiger partial charge in [-0.3, -0.25) is 18.6 Å². The lowest BCUT2D eigenvalue weighted by Gasteiger charge is -2.12. The minimum absolute atomic E-state index is 0.0856. The van der Waals surface area contributed by atoms with Crippen molar-refractivity contribution in [2.24, 2.45) is 0 Å².